The highest BCUT2D eigenvalue weighted by atomic mass is 32.1. The summed E-state index contributed by atoms with van der Waals surface area (Å²) < 4.78 is 0. The van der Waals surface area contributed by atoms with Crippen LogP contribution < -0.4 is 5.32 Å². The van der Waals surface area contributed by atoms with Crippen LogP contribution in [0, 0.1) is 6.92 Å². The second kappa shape index (κ2) is 5.07. The standard InChI is InChI=1S/C9H14N2O2S/c1-6(3-4-12)11-9(13)8-5-10-7(2)14-8/h5-6,12H,3-4H2,1-2H3,(H,11,13). The molecule has 1 amide bonds. The maximum Gasteiger partial charge on any atom is 0.263 e. The van der Waals surface area contributed by atoms with E-state index >= 15 is 0 Å². The Labute approximate surface area is 87.0 Å². The number of nitrogens with zero attached hydrogens (tertiary/aromatic N) is 1. The molecule has 0 aliphatic rings. The van der Waals surface area contributed by atoms with Gasteiger partial charge in [0.1, 0.15) is 4.88 Å². The predicted octanol–water partition coefficient (Wildman–Crippen LogP) is 0.952. The van der Waals surface area contributed by atoms with Crippen molar-refractivity contribution in [2.45, 2.75) is 26.3 Å². The van der Waals surface area contributed by atoms with E-state index in [1.807, 2.05) is 13.8 Å². The van der Waals surface area contributed by atoms with Crippen molar-refractivity contribution < 1.29 is 9.90 Å². The van der Waals surface area contributed by atoms with Crippen LogP contribution in [-0.4, -0.2) is 28.6 Å². The van der Waals surface area contributed by atoms with Crippen molar-refractivity contribution >= 4 is 17.2 Å². The van der Waals surface area contributed by atoms with Crippen LogP contribution in [0.1, 0.15) is 28.0 Å². The van der Waals surface area contributed by atoms with Gasteiger partial charge in [0.05, 0.1) is 11.2 Å². The fourth-order valence-corrected chi connectivity index (χ4v) is 1.71. The van der Waals surface area contributed by atoms with Gasteiger partial charge in [-0.2, -0.15) is 0 Å². The lowest BCUT2D eigenvalue weighted by molar-refractivity contribution is 0.0938. The highest BCUT2D eigenvalue weighted by molar-refractivity contribution is 7.13. The summed E-state index contributed by atoms with van der Waals surface area (Å²) in [6.45, 7) is 3.81. The lowest BCUT2D eigenvalue weighted by atomic mass is 10.2. The second-order valence-corrected chi connectivity index (χ2v) is 4.37. The molecule has 0 radical (unpaired) electrons. The minimum Gasteiger partial charge on any atom is -0.396 e. The summed E-state index contributed by atoms with van der Waals surface area (Å²) >= 11 is 1.37. The average molecular weight is 214 g/mol. The van der Waals surface area contributed by atoms with Gasteiger partial charge in [-0.1, -0.05) is 0 Å². The van der Waals surface area contributed by atoms with Crippen LogP contribution >= 0.6 is 11.3 Å². The number of hydrogen-bond donors (Lipinski definition) is 2. The number of aliphatic hydroxyl groups excluding tert-OH is 1. The van der Waals surface area contributed by atoms with E-state index in [1.54, 1.807) is 6.20 Å². The van der Waals surface area contributed by atoms with E-state index < -0.39 is 0 Å². The molecule has 14 heavy (non-hydrogen) atoms. The summed E-state index contributed by atoms with van der Waals surface area (Å²) in [6.07, 6.45) is 2.14. The number of carbonyl (C=O) groups excluding carboxylic acids is 1. The fourth-order valence-electron chi connectivity index (χ4n) is 1.03. The third-order valence-corrected chi connectivity index (χ3v) is 2.70. The molecule has 1 aromatic heterocycles. The van der Waals surface area contributed by atoms with E-state index in [1.165, 1.54) is 11.3 Å². The largest absolute Gasteiger partial charge is 0.396 e. The predicted molar refractivity (Wildman–Crippen MR) is 55.5 cm³/mol. The highest BCUT2D eigenvalue weighted by Crippen LogP contribution is 2.11. The van der Waals surface area contributed by atoms with E-state index in [-0.39, 0.29) is 18.6 Å². The molecular formula is C9H14N2O2S. The number of thiazole rings is 1. The molecule has 1 rings (SSSR count). The van der Waals surface area contributed by atoms with Gasteiger partial charge in [-0.3, -0.25) is 4.79 Å². The SMILES string of the molecule is Cc1ncc(C(=O)NC(C)CCO)s1. The molecule has 0 aliphatic heterocycles. The van der Waals surface area contributed by atoms with Crippen molar-refractivity contribution in [3.05, 3.63) is 16.1 Å². The smallest absolute Gasteiger partial charge is 0.263 e. The molecule has 4 nitrogen and oxygen atoms in total. The Morgan fingerprint density at radius 1 is 1.79 bits per heavy atom. The molecule has 1 aromatic rings. The normalized spacial score (nSPS) is 12.5. The van der Waals surface area contributed by atoms with Gasteiger partial charge in [-0.05, 0) is 20.3 Å². The van der Waals surface area contributed by atoms with Crippen LogP contribution in [0.5, 0.6) is 0 Å². The quantitative estimate of drug-likeness (QED) is 0.784. The summed E-state index contributed by atoms with van der Waals surface area (Å²) in [5, 5.41) is 12.3. The minimum absolute atomic E-state index is 0.00472. The molecule has 78 valence electrons. The summed E-state index contributed by atoms with van der Waals surface area (Å²) in [6, 6.07) is -0.00472. The van der Waals surface area contributed by atoms with Crippen LogP contribution in [0.2, 0.25) is 0 Å². The van der Waals surface area contributed by atoms with Crippen molar-refractivity contribution in [3.8, 4) is 0 Å². The van der Waals surface area contributed by atoms with Gasteiger partial charge in [0, 0.05) is 12.6 Å². The Balaban J connectivity index is 2.50. The van der Waals surface area contributed by atoms with E-state index in [9.17, 15) is 4.79 Å². The molecule has 0 bridgehead atoms. The first-order valence-corrected chi connectivity index (χ1v) is 5.29. The Morgan fingerprint density at radius 3 is 3.00 bits per heavy atom. The van der Waals surface area contributed by atoms with Crippen molar-refractivity contribution in [2.75, 3.05) is 6.61 Å². The van der Waals surface area contributed by atoms with Gasteiger partial charge >= 0.3 is 0 Å². The van der Waals surface area contributed by atoms with Gasteiger partial charge in [-0.15, -0.1) is 11.3 Å². The fraction of sp³-hybridized carbons (Fsp3) is 0.556. The van der Waals surface area contributed by atoms with Crippen molar-refractivity contribution in [3.63, 3.8) is 0 Å². The van der Waals surface area contributed by atoms with Crippen LogP contribution in [0.25, 0.3) is 0 Å². The molecule has 0 aromatic carbocycles. The monoisotopic (exact) mass is 214 g/mol. The molecule has 5 heteroatoms. The number of rotatable bonds is 4. The number of nitrogens with one attached hydrogen (secondary N) is 1. The highest BCUT2D eigenvalue weighted by Gasteiger charge is 2.11. The van der Waals surface area contributed by atoms with E-state index in [4.69, 9.17) is 5.11 Å². The maximum atomic E-state index is 11.5. The molecule has 1 unspecified atom stereocenters. The Morgan fingerprint density at radius 2 is 2.50 bits per heavy atom. The number of aryl methyl sites for hydroxylation is 1. The number of aliphatic hydroxyl groups is 1. The lowest BCUT2D eigenvalue weighted by Gasteiger charge is -2.10. The first-order chi connectivity index (χ1) is 6.63. The van der Waals surface area contributed by atoms with Crippen LogP contribution in [-0.2, 0) is 0 Å². The van der Waals surface area contributed by atoms with Gasteiger partial charge in [-0.25, -0.2) is 4.98 Å². The summed E-state index contributed by atoms with van der Waals surface area (Å²) in [5.74, 6) is -0.114. The molecule has 1 atom stereocenters. The number of carbonyl (C=O) groups is 1. The number of amides is 1. The Bertz CT molecular complexity index is 312. The zero-order valence-corrected chi connectivity index (χ0v) is 9.10. The second-order valence-electron chi connectivity index (χ2n) is 3.13. The van der Waals surface area contributed by atoms with Crippen LogP contribution in [0.3, 0.4) is 0 Å². The molecular weight excluding hydrogens is 200 g/mol. The minimum atomic E-state index is -0.114. The summed E-state index contributed by atoms with van der Waals surface area (Å²) in [4.78, 5) is 16.1. The van der Waals surface area contributed by atoms with Crippen molar-refractivity contribution in [1.82, 2.24) is 10.3 Å². The Kier molecular flexibility index (Phi) is 4.03. The van der Waals surface area contributed by atoms with E-state index in [2.05, 4.69) is 10.3 Å². The maximum absolute atomic E-state index is 11.5. The Hall–Kier alpha value is -0.940. The van der Waals surface area contributed by atoms with Crippen LogP contribution in [0.15, 0.2) is 6.20 Å². The molecule has 0 fully saturated rings. The van der Waals surface area contributed by atoms with E-state index in [0.717, 1.165) is 5.01 Å². The first-order valence-electron chi connectivity index (χ1n) is 4.47. The molecule has 0 spiro atoms. The van der Waals surface area contributed by atoms with Crippen LogP contribution in [0.4, 0.5) is 0 Å². The van der Waals surface area contributed by atoms with Crippen molar-refractivity contribution in [1.29, 1.82) is 0 Å². The average Bonchev–Trinajstić information content (AvgIpc) is 2.52. The third-order valence-electron chi connectivity index (χ3n) is 1.78. The van der Waals surface area contributed by atoms with Gasteiger partial charge in [0.2, 0.25) is 0 Å². The van der Waals surface area contributed by atoms with Gasteiger partial charge in [0.25, 0.3) is 5.91 Å². The molecule has 2 N–H and O–H groups in total. The van der Waals surface area contributed by atoms with Crippen molar-refractivity contribution in [2.24, 2.45) is 0 Å². The first kappa shape index (κ1) is 11.1. The molecule has 1 heterocycles. The summed E-state index contributed by atoms with van der Waals surface area (Å²) in [7, 11) is 0. The molecule has 0 saturated heterocycles. The zero-order chi connectivity index (χ0) is 10.6. The lowest BCUT2D eigenvalue weighted by Crippen LogP contribution is -2.32. The zero-order valence-electron chi connectivity index (χ0n) is 8.28. The topological polar surface area (TPSA) is 62.2 Å². The molecule has 0 saturated carbocycles. The molecule has 0 aliphatic carbocycles. The number of aromatic nitrogens is 1. The summed E-state index contributed by atoms with van der Waals surface area (Å²) in [5.41, 5.74) is 0. The van der Waals surface area contributed by atoms with E-state index in [0.29, 0.717) is 11.3 Å². The number of hydrogen-bond acceptors (Lipinski definition) is 4. The van der Waals surface area contributed by atoms with Gasteiger partial charge < -0.3 is 10.4 Å². The third kappa shape index (κ3) is 3.08. The van der Waals surface area contributed by atoms with Gasteiger partial charge in [0.15, 0.2) is 0 Å².